The van der Waals surface area contributed by atoms with Gasteiger partial charge in [0.05, 0.1) is 6.54 Å². The van der Waals surface area contributed by atoms with Gasteiger partial charge in [0.15, 0.2) is 5.17 Å². The van der Waals surface area contributed by atoms with E-state index in [1.165, 1.54) is 36.6 Å². The summed E-state index contributed by atoms with van der Waals surface area (Å²) < 4.78 is 0. The Balaban J connectivity index is 1.85. The number of nitrogens with zero attached hydrogens (tertiary/aromatic N) is 1. The number of hydrogen-bond donors (Lipinski definition) is 1. The SMILES string of the molecule is C[C@@H]1CCCC[C@@H]1NC1=NCCS1. The van der Waals surface area contributed by atoms with Crippen LogP contribution in [0.3, 0.4) is 0 Å². The zero-order valence-electron chi connectivity index (χ0n) is 8.25. The van der Waals surface area contributed by atoms with Crippen molar-refractivity contribution in [3.8, 4) is 0 Å². The van der Waals surface area contributed by atoms with Gasteiger partial charge in [-0.3, -0.25) is 4.99 Å². The molecule has 0 bridgehead atoms. The van der Waals surface area contributed by atoms with Gasteiger partial charge in [-0.1, -0.05) is 31.5 Å². The molecule has 13 heavy (non-hydrogen) atoms. The third kappa shape index (κ3) is 2.39. The molecule has 2 aliphatic rings. The smallest absolute Gasteiger partial charge is 0.156 e. The summed E-state index contributed by atoms with van der Waals surface area (Å²) in [5.41, 5.74) is 0. The molecular formula is C10H18N2S. The lowest BCUT2D eigenvalue weighted by molar-refractivity contribution is 0.310. The van der Waals surface area contributed by atoms with E-state index in [2.05, 4.69) is 17.2 Å². The highest BCUT2D eigenvalue weighted by atomic mass is 32.2. The van der Waals surface area contributed by atoms with Crippen molar-refractivity contribution < 1.29 is 0 Å². The highest BCUT2D eigenvalue weighted by molar-refractivity contribution is 8.14. The van der Waals surface area contributed by atoms with Crippen molar-refractivity contribution in [2.45, 2.75) is 38.6 Å². The van der Waals surface area contributed by atoms with Crippen LogP contribution in [0.25, 0.3) is 0 Å². The van der Waals surface area contributed by atoms with Crippen molar-refractivity contribution in [1.82, 2.24) is 5.32 Å². The minimum absolute atomic E-state index is 0.693. The average Bonchev–Trinajstić information content (AvgIpc) is 2.61. The summed E-state index contributed by atoms with van der Waals surface area (Å²) in [7, 11) is 0. The summed E-state index contributed by atoms with van der Waals surface area (Å²) in [6.07, 6.45) is 5.52. The maximum atomic E-state index is 4.43. The predicted octanol–water partition coefficient (Wildman–Crippen LogP) is 2.26. The number of rotatable bonds is 1. The molecule has 1 fully saturated rings. The van der Waals surface area contributed by atoms with Crippen molar-refractivity contribution in [3.63, 3.8) is 0 Å². The Morgan fingerprint density at radius 2 is 2.23 bits per heavy atom. The normalized spacial score (nSPS) is 34.4. The predicted molar refractivity (Wildman–Crippen MR) is 59.3 cm³/mol. The molecule has 1 saturated carbocycles. The second-order valence-corrected chi connectivity index (χ2v) is 5.13. The Hall–Kier alpha value is -0.180. The van der Waals surface area contributed by atoms with Crippen LogP contribution in [0.1, 0.15) is 32.6 Å². The van der Waals surface area contributed by atoms with E-state index in [1.54, 1.807) is 0 Å². The van der Waals surface area contributed by atoms with Crippen molar-refractivity contribution in [1.29, 1.82) is 0 Å². The van der Waals surface area contributed by atoms with Crippen molar-refractivity contribution in [2.24, 2.45) is 10.9 Å². The summed E-state index contributed by atoms with van der Waals surface area (Å²) in [5.74, 6) is 2.00. The Labute approximate surface area is 84.6 Å². The number of nitrogens with one attached hydrogen (secondary N) is 1. The van der Waals surface area contributed by atoms with Crippen LogP contribution in [0.15, 0.2) is 4.99 Å². The van der Waals surface area contributed by atoms with Gasteiger partial charge in [-0.25, -0.2) is 0 Å². The number of thioether (sulfide) groups is 1. The molecule has 2 nitrogen and oxygen atoms in total. The maximum absolute atomic E-state index is 4.43. The van der Waals surface area contributed by atoms with E-state index in [0.717, 1.165) is 12.5 Å². The van der Waals surface area contributed by atoms with Crippen LogP contribution in [0, 0.1) is 5.92 Å². The van der Waals surface area contributed by atoms with Gasteiger partial charge >= 0.3 is 0 Å². The van der Waals surface area contributed by atoms with Gasteiger partial charge in [0.2, 0.25) is 0 Å². The zero-order valence-corrected chi connectivity index (χ0v) is 9.07. The molecule has 0 radical (unpaired) electrons. The first kappa shape index (κ1) is 9.38. The van der Waals surface area contributed by atoms with E-state index in [1.807, 2.05) is 11.8 Å². The third-order valence-corrected chi connectivity index (χ3v) is 3.91. The summed E-state index contributed by atoms with van der Waals surface area (Å²) in [4.78, 5) is 4.43. The first-order chi connectivity index (χ1) is 6.36. The molecule has 0 spiro atoms. The minimum Gasteiger partial charge on any atom is -0.362 e. The van der Waals surface area contributed by atoms with E-state index >= 15 is 0 Å². The van der Waals surface area contributed by atoms with E-state index in [-0.39, 0.29) is 0 Å². The molecule has 2 atom stereocenters. The van der Waals surface area contributed by atoms with Crippen LogP contribution in [0.4, 0.5) is 0 Å². The third-order valence-electron chi connectivity index (χ3n) is 3.01. The molecule has 1 heterocycles. The quantitative estimate of drug-likeness (QED) is 0.699. The second kappa shape index (κ2) is 4.36. The molecule has 0 saturated heterocycles. The zero-order chi connectivity index (χ0) is 9.10. The van der Waals surface area contributed by atoms with Gasteiger partial charge in [0.25, 0.3) is 0 Å². The van der Waals surface area contributed by atoms with Crippen LogP contribution in [0.5, 0.6) is 0 Å². The second-order valence-electron chi connectivity index (χ2n) is 4.05. The molecule has 0 unspecified atom stereocenters. The van der Waals surface area contributed by atoms with Crippen LogP contribution >= 0.6 is 11.8 Å². The van der Waals surface area contributed by atoms with Crippen LogP contribution in [-0.2, 0) is 0 Å². The molecule has 3 heteroatoms. The molecule has 0 aromatic rings. The molecule has 1 N–H and O–H groups in total. The van der Waals surface area contributed by atoms with E-state index in [9.17, 15) is 0 Å². The highest BCUT2D eigenvalue weighted by Crippen LogP contribution is 2.24. The van der Waals surface area contributed by atoms with Gasteiger partial charge in [-0.15, -0.1) is 0 Å². The summed E-state index contributed by atoms with van der Waals surface area (Å²) >= 11 is 1.88. The molecule has 1 aliphatic carbocycles. The lowest BCUT2D eigenvalue weighted by Gasteiger charge is -2.29. The van der Waals surface area contributed by atoms with Gasteiger partial charge in [0.1, 0.15) is 0 Å². The van der Waals surface area contributed by atoms with Crippen molar-refractivity contribution in [2.75, 3.05) is 12.3 Å². The Morgan fingerprint density at radius 3 is 2.92 bits per heavy atom. The van der Waals surface area contributed by atoms with Crippen LogP contribution in [-0.4, -0.2) is 23.5 Å². The fraction of sp³-hybridized carbons (Fsp3) is 0.900. The largest absolute Gasteiger partial charge is 0.362 e. The lowest BCUT2D eigenvalue weighted by Crippen LogP contribution is -2.39. The van der Waals surface area contributed by atoms with Gasteiger partial charge < -0.3 is 5.32 Å². The maximum Gasteiger partial charge on any atom is 0.156 e. The average molecular weight is 198 g/mol. The summed E-state index contributed by atoms with van der Waals surface area (Å²) in [6.45, 7) is 3.37. The number of hydrogen-bond acceptors (Lipinski definition) is 3. The first-order valence-corrected chi connectivity index (χ1v) is 6.28. The van der Waals surface area contributed by atoms with E-state index < -0.39 is 0 Å². The Bertz CT molecular complexity index is 203. The Kier molecular flexibility index (Phi) is 3.14. The van der Waals surface area contributed by atoms with E-state index in [4.69, 9.17) is 0 Å². The molecule has 0 amide bonds. The topological polar surface area (TPSA) is 24.4 Å². The van der Waals surface area contributed by atoms with Gasteiger partial charge in [-0.05, 0) is 18.8 Å². The van der Waals surface area contributed by atoms with Gasteiger partial charge in [0, 0.05) is 11.8 Å². The monoisotopic (exact) mass is 198 g/mol. The van der Waals surface area contributed by atoms with Crippen LogP contribution in [0.2, 0.25) is 0 Å². The fourth-order valence-electron chi connectivity index (χ4n) is 2.11. The number of aliphatic imine (C=N–C) groups is 1. The highest BCUT2D eigenvalue weighted by Gasteiger charge is 2.22. The molecule has 74 valence electrons. The first-order valence-electron chi connectivity index (χ1n) is 5.30. The van der Waals surface area contributed by atoms with Crippen molar-refractivity contribution >= 4 is 16.9 Å². The molecule has 0 aromatic carbocycles. The molecule has 0 aromatic heterocycles. The lowest BCUT2D eigenvalue weighted by atomic mass is 9.86. The molecule has 2 rings (SSSR count). The van der Waals surface area contributed by atoms with E-state index in [0.29, 0.717) is 6.04 Å². The number of amidine groups is 1. The van der Waals surface area contributed by atoms with Gasteiger partial charge in [-0.2, -0.15) is 0 Å². The standard InChI is InChI=1S/C10H18N2S/c1-8-4-2-3-5-9(8)12-10-11-6-7-13-10/h8-9H,2-7H2,1H3,(H,11,12)/t8-,9+/m1/s1. The fourth-order valence-corrected chi connectivity index (χ4v) is 2.90. The van der Waals surface area contributed by atoms with Crippen LogP contribution < -0.4 is 5.32 Å². The van der Waals surface area contributed by atoms with Crippen molar-refractivity contribution in [3.05, 3.63) is 0 Å². The summed E-state index contributed by atoms with van der Waals surface area (Å²) in [5, 5.41) is 4.77. The minimum atomic E-state index is 0.693. The molecule has 1 aliphatic heterocycles. The molecular weight excluding hydrogens is 180 g/mol. The Morgan fingerprint density at radius 1 is 1.38 bits per heavy atom. The summed E-state index contributed by atoms with van der Waals surface area (Å²) in [6, 6.07) is 0.693.